The molecule has 0 radical (unpaired) electrons. The molecular formula is C15H17N3O. The van der Waals surface area contributed by atoms with Gasteiger partial charge in [-0.25, -0.2) is 0 Å². The van der Waals surface area contributed by atoms with E-state index < -0.39 is 0 Å². The summed E-state index contributed by atoms with van der Waals surface area (Å²) in [5, 5.41) is 8.19. The Labute approximate surface area is 112 Å². The Morgan fingerprint density at radius 2 is 1.74 bits per heavy atom. The molecule has 0 saturated heterocycles. The van der Waals surface area contributed by atoms with E-state index in [-0.39, 0.29) is 0 Å². The fourth-order valence-corrected chi connectivity index (χ4v) is 1.97. The first-order valence-electron chi connectivity index (χ1n) is 6.51. The van der Waals surface area contributed by atoms with Crippen LogP contribution in [0.5, 0.6) is 5.75 Å². The first-order valence-corrected chi connectivity index (χ1v) is 6.51. The molecule has 2 N–H and O–H groups in total. The second kappa shape index (κ2) is 4.53. The number of nitrogen functional groups attached to an aromatic ring is 1. The van der Waals surface area contributed by atoms with Crippen LogP contribution in [0.3, 0.4) is 0 Å². The zero-order valence-corrected chi connectivity index (χ0v) is 11.2. The van der Waals surface area contributed by atoms with Crippen molar-refractivity contribution in [3.05, 3.63) is 35.4 Å². The summed E-state index contributed by atoms with van der Waals surface area (Å²) < 4.78 is 5.73. The van der Waals surface area contributed by atoms with Gasteiger partial charge in [-0.2, -0.15) is 0 Å². The molecule has 98 valence electrons. The molecule has 0 amide bonds. The molecule has 1 aromatic carbocycles. The Morgan fingerprint density at radius 3 is 2.37 bits per heavy atom. The maximum Gasteiger partial charge on any atom is 0.149 e. The molecule has 1 saturated carbocycles. The first-order chi connectivity index (χ1) is 9.15. The van der Waals surface area contributed by atoms with Gasteiger partial charge in [-0.3, -0.25) is 0 Å². The lowest BCUT2D eigenvalue weighted by Crippen LogP contribution is -2.02. The second-order valence-corrected chi connectivity index (χ2v) is 5.03. The number of ether oxygens (including phenoxy) is 1. The number of hydrogen-bond acceptors (Lipinski definition) is 4. The third kappa shape index (κ3) is 2.38. The normalized spacial score (nSPS) is 14.4. The molecule has 1 aliphatic carbocycles. The summed E-state index contributed by atoms with van der Waals surface area (Å²) >= 11 is 0. The topological polar surface area (TPSA) is 61.0 Å². The van der Waals surface area contributed by atoms with Crippen molar-refractivity contribution in [3.8, 4) is 17.0 Å². The number of aromatic nitrogens is 2. The minimum Gasteiger partial charge on any atom is -0.490 e. The summed E-state index contributed by atoms with van der Waals surface area (Å²) in [6, 6.07) is 8.01. The number of nitrogens with two attached hydrogens (primary N) is 1. The Bertz CT molecular complexity index is 604. The van der Waals surface area contributed by atoms with Gasteiger partial charge in [-0.15, -0.1) is 10.2 Å². The van der Waals surface area contributed by atoms with Crippen LogP contribution in [0.1, 0.15) is 24.0 Å². The molecule has 1 aromatic heterocycles. The number of nitrogens with zero attached hydrogens (tertiary/aromatic N) is 2. The van der Waals surface area contributed by atoms with E-state index in [1.165, 1.54) is 12.8 Å². The Morgan fingerprint density at radius 1 is 1.05 bits per heavy atom. The molecule has 3 rings (SSSR count). The van der Waals surface area contributed by atoms with Gasteiger partial charge in [-0.05, 0) is 62.1 Å². The van der Waals surface area contributed by atoms with Gasteiger partial charge in [0.2, 0.25) is 0 Å². The first kappa shape index (κ1) is 12.0. The van der Waals surface area contributed by atoms with Crippen molar-refractivity contribution in [2.24, 2.45) is 0 Å². The van der Waals surface area contributed by atoms with Crippen LogP contribution in [-0.2, 0) is 0 Å². The van der Waals surface area contributed by atoms with Crippen LogP contribution in [-0.4, -0.2) is 16.3 Å². The highest BCUT2D eigenvalue weighted by Gasteiger charge is 2.23. The monoisotopic (exact) mass is 255 g/mol. The Balaban J connectivity index is 1.91. The average molecular weight is 255 g/mol. The average Bonchev–Trinajstić information content (AvgIpc) is 3.22. The smallest absolute Gasteiger partial charge is 0.149 e. The van der Waals surface area contributed by atoms with Gasteiger partial charge in [0.1, 0.15) is 11.6 Å². The van der Waals surface area contributed by atoms with Gasteiger partial charge >= 0.3 is 0 Å². The van der Waals surface area contributed by atoms with E-state index >= 15 is 0 Å². The van der Waals surface area contributed by atoms with Crippen LogP contribution >= 0.6 is 0 Å². The van der Waals surface area contributed by atoms with Crippen molar-refractivity contribution in [1.82, 2.24) is 10.2 Å². The SMILES string of the molecule is Cc1c(N)nnc(-c2ccc(OC3CC3)cc2)c1C. The quantitative estimate of drug-likeness (QED) is 0.916. The van der Waals surface area contributed by atoms with Crippen LogP contribution in [0, 0.1) is 13.8 Å². The zero-order chi connectivity index (χ0) is 13.4. The lowest BCUT2D eigenvalue weighted by atomic mass is 10.0. The molecule has 0 bridgehead atoms. The number of benzene rings is 1. The van der Waals surface area contributed by atoms with Crippen LogP contribution in [0.4, 0.5) is 5.82 Å². The predicted molar refractivity (Wildman–Crippen MR) is 75.0 cm³/mol. The van der Waals surface area contributed by atoms with Gasteiger partial charge in [-0.1, -0.05) is 0 Å². The molecule has 1 fully saturated rings. The fraction of sp³-hybridized carbons (Fsp3) is 0.333. The van der Waals surface area contributed by atoms with Crippen molar-refractivity contribution < 1.29 is 4.74 Å². The van der Waals surface area contributed by atoms with E-state index in [0.29, 0.717) is 11.9 Å². The van der Waals surface area contributed by atoms with Crippen molar-refractivity contribution in [1.29, 1.82) is 0 Å². The third-order valence-electron chi connectivity index (χ3n) is 3.51. The Hall–Kier alpha value is -2.10. The molecular weight excluding hydrogens is 238 g/mol. The lowest BCUT2D eigenvalue weighted by molar-refractivity contribution is 0.303. The van der Waals surface area contributed by atoms with Crippen LogP contribution in [0.25, 0.3) is 11.3 Å². The molecule has 0 aliphatic heterocycles. The van der Waals surface area contributed by atoms with Crippen molar-refractivity contribution in [2.75, 3.05) is 5.73 Å². The van der Waals surface area contributed by atoms with Crippen molar-refractivity contribution in [3.63, 3.8) is 0 Å². The summed E-state index contributed by atoms with van der Waals surface area (Å²) in [7, 11) is 0. The zero-order valence-electron chi connectivity index (χ0n) is 11.2. The van der Waals surface area contributed by atoms with Crippen molar-refractivity contribution in [2.45, 2.75) is 32.8 Å². The van der Waals surface area contributed by atoms with Crippen LogP contribution in [0.15, 0.2) is 24.3 Å². The number of anilines is 1. The number of hydrogen-bond donors (Lipinski definition) is 1. The highest BCUT2D eigenvalue weighted by Crippen LogP contribution is 2.29. The van der Waals surface area contributed by atoms with Gasteiger partial charge in [0.15, 0.2) is 0 Å². The second-order valence-electron chi connectivity index (χ2n) is 5.03. The summed E-state index contributed by atoms with van der Waals surface area (Å²) in [6.45, 7) is 3.98. The molecule has 2 aromatic rings. The Kier molecular flexibility index (Phi) is 2.85. The fourth-order valence-electron chi connectivity index (χ4n) is 1.97. The van der Waals surface area contributed by atoms with Crippen LogP contribution in [0.2, 0.25) is 0 Å². The summed E-state index contributed by atoms with van der Waals surface area (Å²) in [5.41, 5.74) is 9.74. The summed E-state index contributed by atoms with van der Waals surface area (Å²) in [4.78, 5) is 0. The lowest BCUT2D eigenvalue weighted by Gasteiger charge is -2.09. The highest BCUT2D eigenvalue weighted by atomic mass is 16.5. The van der Waals surface area contributed by atoms with E-state index in [1.807, 2.05) is 38.1 Å². The van der Waals surface area contributed by atoms with E-state index in [9.17, 15) is 0 Å². The third-order valence-corrected chi connectivity index (χ3v) is 3.51. The van der Waals surface area contributed by atoms with E-state index in [4.69, 9.17) is 10.5 Å². The number of rotatable bonds is 3. The largest absolute Gasteiger partial charge is 0.490 e. The molecule has 1 aliphatic rings. The van der Waals surface area contributed by atoms with E-state index in [0.717, 1.165) is 28.1 Å². The molecule has 0 spiro atoms. The molecule has 1 heterocycles. The van der Waals surface area contributed by atoms with E-state index in [2.05, 4.69) is 10.2 Å². The van der Waals surface area contributed by atoms with Crippen molar-refractivity contribution >= 4 is 5.82 Å². The van der Waals surface area contributed by atoms with Gasteiger partial charge in [0.05, 0.1) is 11.8 Å². The molecule has 4 nitrogen and oxygen atoms in total. The van der Waals surface area contributed by atoms with Crippen LogP contribution < -0.4 is 10.5 Å². The standard InChI is InChI=1S/C15H17N3O/c1-9-10(2)15(16)18-17-14(9)11-3-5-12(6-4-11)19-13-7-8-13/h3-6,13H,7-8H2,1-2H3,(H2,16,18). The van der Waals surface area contributed by atoms with Gasteiger partial charge < -0.3 is 10.5 Å². The van der Waals surface area contributed by atoms with Gasteiger partial charge in [0.25, 0.3) is 0 Å². The summed E-state index contributed by atoms with van der Waals surface area (Å²) in [6.07, 6.45) is 2.76. The molecule has 0 atom stereocenters. The highest BCUT2D eigenvalue weighted by molar-refractivity contribution is 5.66. The summed E-state index contributed by atoms with van der Waals surface area (Å²) in [5.74, 6) is 1.42. The maximum atomic E-state index is 5.76. The minimum absolute atomic E-state index is 0.422. The predicted octanol–water partition coefficient (Wildman–Crippen LogP) is 2.88. The van der Waals surface area contributed by atoms with Gasteiger partial charge in [0, 0.05) is 5.56 Å². The molecule has 19 heavy (non-hydrogen) atoms. The minimum atomic E-state index is 0.422. The molecule has 0 unspecified atom stereocenters. The molecule has 4 heteroatoms. The maximum absolute atomic E-state index is 5.76. The van der Waals surface area contributed by atoms with E-state index in [1.54, 1.807) is 0 Å².